The van der Waals surface area contributed by atoms with Crippen molar-refractivity contribution in [1.82, 2.24) is 19.7 Å². The van der Waals surface area contributed by atoms with E-state index in [0.29, 0.717) is 10.7 Å². The molecule has 1 atom stereocenters. The summed E-state index contributed by atoms with van der Waals surface area (Å²) in [6.07, 6.45) is -6.22. The van der Waals surface area contributed by atoms with Gasteiger partial charge in [0.05, 0.1) is 19.1 Å². The van der Waals surface area contributed by atoms with E-state index in [1.54, 1.807) is 0 Å². The van der Waals surface area contributed by atoms with Crippen molar-refractivity contribution in [2.75, 3.05) is 24.3 Å². The molecule has 1 unspecified atom stereocenters. The number of sulfonamides is 1. The van der Waals surface area contributed by atoms with E-state index >= 15 is 0 Å². The van der Waals surface area contributed by atoms with E-state index in [-0.39, 0.29) is 28.3 Å². The van der Waals surface area contributed by atoms with Gasteiger partial charge in [0.1, 0.15) is 17.4 Å². The Labute approximate surface area is 202 Å². The largest absolute Gasteiger partial charge is 0.481 e. The first-order valence-corrected chi connectivity index (χ1v) is 11.5. The summed E-state index contributed by atoms with van der Waals surface area (Å²) in [5, 5.41) is 5.82. The van der Waals surface area contributed by atoms with E-state index in [1.807, 2.05) is 0 Å². The molecule has 2 N–H and O–H groups in total. The summed E-state index contributed by atoms with van der Waals surface area (Å²) < 4.78 is 90.3. The molecule has 1 aromatic carbocycles. The van der Waals surface area contributed by atoms with Gasteiger partial charge in [0.2, 0.25) is 11.8 Å². The quantitative estimate of drug-likeness (QED) is 0.378. The highest BCUT2D eigenvalue weighted by Gasteiger charge is 2.27. The number of carbonyl (C=O) groups excluding carboxylic acids is 1. The van der Waals surface area contributed by atoms with Crippen LogP contribution in [0.4, 0.5) is 29.1 Å². The number of anilines is 2. The van der Waals surface area contributed by atoms with Gasteiger partial charge in [-0.15, -0.1) is 0 Å². The number of nitrogens with one attached hydrogen (secondary N) is 2. The lowest BCUT2D eigenvalue weighted by molar-refractivity contribution is -0.119. The Hall–Kier alpha value is -3.95. The van der Waals surface area contributed by atoms with Crippen molar-refractivity contribution in [2.24, 2.45) is 0 Å². The fourth-order valence-electron chi connectivity index (χ4n) is 2.93. The third-order valence-corrected chi connectivity index (χ3v) is 6.09. The number of ether oxygens (including phenoxy) is 2. The Bertz CT molecular complexity index is 1310. The summed E-state index contributed by atoms with van der Waals surface area (Å²) >= 11 is 0. The first-order chi connectivity index (χ1) is 16.9. The molecule has 11 nitrogen and oxygen atoms in total. The molecule has 0 aliphatic heterocycles. The molecule has 0 aliphatic rings. The fraction of sp³-hybridized carbons (Fsp3) is 0.300. The van der Waals surface area contributed by atoms with Crippen LogP contribution in [0.3, 0.4) is 0 Å². The predicted octanol–water partition coefficient (Wildman–Crippen LogP) is 3.57. The lowest BCUT2D eigenvalue weighted by atomic mass is 10.2. The number of rotatable bonds is 10. The second-order valence-electron chi connectivity index (χ2n) is 7.12. The van der Waals surface area contributed by atoms with Gasteiger partial charge in [0, 0.05) is 11.8 Å². The van der Waals surface area contributed by atoms with Gasteiger partial charge in [-0.3, -0.25) is 14.2 Å². The Balaban J connectivity index is 1.75. The summed E-state index contributed by atoms with van der Waals surface area (Å²) in [5.74, 6) is -0.906. The molecule has 3 aromatic rings. The van der Waals surface area contributed by atoms with Crippen LogP contribution in [0, 0.1) is 0 Å². The SMILES string of the molecule is COc1cc(NS(=O)(=O)c2ccc(NC(=O)C(C)n3nc(C(F)F)cc3C(F)F)cc2)nc(OC)n1. The number of carbonyl (C=O) groups is 1. The Kier molecular flexibility index (Phi) is 7.96. The van der Waals surface area contributed by atoms with E-state index in [9.17, 15) is 30.8 Å². The van der Waals surface area contributed by atoms with Crippen molar-refractivity contribution in [1.29, 1.82) is 0 Å². The van der Waals surface area contributed by atoms with Crippen LogP contribution in [0.25, 0.3) is 0 Å². The van der Waals surface area contributed by atoms with Gasteiger partial charge < -0.3 is 14.8 Å². The van der Waals surface area contributed by atoms with Gasteiger partial charge >= 0.3 is 6.01 Å². The normalized spacial score (nSPS) is 12.5. The molecule has 0 fully saturated rings. The van der Waals surface area contributed by atoms with Gasteiger partial charge in [-0.2, -0.15) is 15.1 Å². The standard InChI is InChI=1S/C20H20F4N6O5S/c1-10(30-14(18(23)24)8-13(28-30)17(21)22)19(31)25-11-4-6-12(7-5-11)36(32,33)29-15-9-16(34-2)27-20(26-15)35-3/h4-10,17-18H,1-3H3,(H,25,31)(H,26,27,29). The van der Waals surface area contributed by atoms with Crippen LogP contribution < -0.4 is 19.5 Å². The van der Waals surface area contributed by atoms with E-state index in [2.05, 4.69) is 25.1 Å². The smallest absolute Gasteiger partial charge is 0.321 e. The van der Waals surface area contributed by atoms with E-state index in [1.165, 1.54) is 51.5 Å². The molecule has 194 valence electrons. The molecular formula is C20H20F4N6O5S. The monoisotopic (exact) mass is 532 g/mol. The number of alkyl halides is 4. The second kappa shape index (κ2) is 10.8. The molecule has 1 amide bonds. The summed E-state index contributed by atoms with van der Waals surface area (Å²) in [4.78, 5) is 20.1. The molecule has 0 saturated carbocycles. The lowest BCUT2D eigenvalue weighted by Crippen LogP contribution is -2.26. The van der Waals surface area contributed by atoms with Crippen molar-refractivity contribution in [3.8, 4) is 11.9 Å². The zero-order valence-corrected chi connectivity index (χ0v) is 19.8. The third kappa shape index (κ3) is 5.99. The van der Waals surface area contributed by atoms with E-state index in [4.69, 9.17) is 9.47 Å². The van der Waals surface area contributed by atoms with Gasteiger partial charge in [-0.25, -0.2) is 26.0 Å². The molecule has 36 heavy (non-hydrogen) atoms. The van der Waals surface area contributed by atoms with Crippen LogP contribution in [0.15, 0.2) is 41.3 Å². The lowest BCUT2D eigenvalue weighted by Gasteiger charge is -2.16. The number of halogens is 4. The Morgan fingerprint density at radius 2 is 1.67 bits per heavy atom. The number of aromatic nitrogens is 4. The molecule has 3 rings (SSSR count). The number of hydrogen-bond donors (Lipinski definition) is 2. The van der Waals surface area contributed by atoms with Crippen LogP contribution in [0.1, 0.15) is 37.2 Å². The first-order valence-electron chi connectivity index (χ1n) is 10.0. The second-order valence-corrected chi connectivity index (χ2v) is 8.80. The fourth-order valence-corrected chi connectivity index (χ4v) is 3.92. The van der Waals surface area contributed by atoms with Crippen LogP contribution >= 0.6 is 0 Å². The molecule has 0 bridgehead atoms. The van der Waals surface area contributed by atoms with E-state index < -0.39 is 46.2 Å². The summed E-state index contributed by atoms with van der Waals surface area (Å²) in [6, 6.07) is 5.12. The highest BCUT2D eigenvalue weighted by Crippen LogP contribution is 2.28. The maximum atomic E-state index is 13.2. The van der Waals surface area contributed by atoms with E-state index in [0.717, 1.165) is 0 Å². The molecule has 16 heteroatoms. The number of benzene rings is 1. The van der Waals surface area contributed by atoms with Gasteiger partial charge in [-0.05, 0) is 37.3 Å². The molecule has 0 radical (unpaired) electrons. The maximum Gasteiger partial charge on any atom is 0.321 e. The zero-order chi connectivity index (χ0) is 26.6. The molecule has 2 aromatic heterocycles. The average Bonchev–Trinajstić information content (AvgIpc) is 3.29. The van der Waals surface area contributed by atoms with Gasteiger partial charge in [0.25, 0.3) is 22.9 Å². The molecule has 0 saturated heterocycles. The Morgan fingerprint density at radius 3 is 2.22 bits per heavy atom. The highest BCUT2D eigenvalue weighted by molar-refractivity contribution is 7.92. The predicted molar refractivity (Wildman–Crippen MR) is 118 cm³/mol. The average molecular weight is 532 g/mol. The zero-order valence-electron chi connectivity index (χ0n) is 18.9. The molecule has 0 aliphatic carbocycles. The third-order valence-electron chi connectivity index (χ3n) is 4.72. The van der Waals surface area contributed by atoms with Crippen molar-refractivity contribution < 1.29 is 40.2 Å². The maximum absolute atomic E-state index is 13.2. The van der Waals surface area contributed by atoms with Crippen molar-refractivity contribution in [2.45, 2.75) is 30.7 Å². The van der Waals surface area contributed by atoms with Crippen LogP contribution in [-0.2, 0) is 14.8 Å². The molecule has 0 spiro atoms. The number of nitrogens with zero attached hydrogens (tertiary/aromatic N) is 4. The van der Waals surface area contributed by atoms with Crippen molar-refractivity contribution >= 4 is 27.4 Å². The minimum Gasteiger partial charge on any atom is -0.481 e. The minimum absolute atomic E-state index is 0.0552. The summed E-state index contributed by atoms with van der Waals surface area (Å²) in [6.45, 7) is 1.20. The number of methoxy groups -OCH3 is 2. The highest BCUT2D eigenvalue weighted by atomic mass is 32.2. The molecular weight excluding hydrogens is 512 g/mol. The van der Waals surface area contributed by atoms with Crippen LogP contribution in [0.5, 0.6) is 11.9 Å². The van der Waals surface area contributed by atoms with Crippen LogP contribution in [0.2, 0.25) is 0 Å². The minimum atomic E-state index is -4.12. The summed E-state index contributed by atoms with van der Waals surface area (Å²) in [7, 11) is -1.50. The number of hydrogen-bond acceptors (Lipinski definition) is 8. The van der Waals surface area contributed by atoms with Crippen molar-refractivity contribution in [3.63, 3.8) is 0 Å². The molecule has 2 heterocycles. The van der Waals surface area contributed by atoms with Crippen LogP contribution in [-0.4, -0.2) is 48.3 Å². The van der Waals surface area contributed by atoms with Gasteiger partial charge in [-0.1, -0.05) is 0 Å². The number of amides is 1. The topological polar surface area (TPSA) is 137 Å². The Morgan fingerprint density at radius 1 is 1.00 bits per heavy atom. The summed E-state index contributed by atoms with van der Waals surface area (Å²) in [5.41, 5.74) is -1.60. The first kappa shape index (κ1) is 26.7. The van der Waals surface area contributed by atoms with Crippen molar-refractivity contribution in [3.05, 3.63) is 47.8 Å². The van der Waals surface area contributed by atoms with Gasteiger partial charge in [0.15, 0.2) is 5.82 Å².